The maximum Gasteiger partial charge on any atom is 0.0587 e. The van der Waals surface area contributed by atoms with Gasteiger partial charge in [-0.1, -0.05) is 13.2 Å². The first kappa shape index (κ1) is 16.2. The molecule has 0 heterocycles. The first-order chi connectivity index (χ1) is 3.83. The van der Waals surface area contributed by atoms with Crippen molar-refractivity contribution in [1.82, 2.24) is 0 Å². The van der Waals surface area contributed by atoms with Gasteiger partial charge in [-0.25, -0.2) is 0 Å². The van der Waals surface area contributed by atoms with Crippen molar-refractivity contribution in [3.05, 3.63) is 0 Å². The normalized spacial score (nSPS) is 4.56. The minimum Gasteiger partial charge on any atom is -0.199 e. The summed E-state index contributed by atoms with van der Waals surface area (Å²) < 4.78 is 0. The molecule has 0 atom stereocenters. The predicted octanol–water partition coefficient (Wildman–Crippen LogP) is 0.359. The van der Waals surface area contributed by atoms with Crippen LogP contribution in [0.5, 0.6) is 0 Å². The molecule has 0 saturated heterocycles. The van der Waals surface area contributed by atoms with Crippen LogP contribution in [-0.2, 0) is 21.1 Å². The Labute approximate surface area is 74.7 Å². The minimum atomic E-state index is 0. The Kier molecular flexibility index (Phi) is 42.8. The van der Waals surface area contributed by atoms with Crippen molar-refractivity contribution in [1.29, 1.82) is 5.26 Å². The quantitative estimate of drug-likeness (QED) is 0.673. The Bertz CT molecular complexity index is 61.3. The van der Waals surface area contributed by atoms with Gasteiger partial charge in [0, 0.05) is 42.8 Å². The van der Waals surface area contributed by atoms with Gasteiger partial charge in [0.2, 0.25) is 0 Å². The molecule has 0 aliphatic heterocycles. The van der Waals surface area contributed by atoms with Gasteiger partial charge in [-0.15, -0.1) is 0 Å². The standard InChI is InChI=1S/C2H5B3.C2H3N.W/c1-2-4-5-3;1-2-3;/h2H2,1H3;1H3;. The van der Waals surface area contributed by atoms with Crippen molar-refractivity contribution in [2.45, 2.75) is 20.2 Å². The fourth-order valence-corrected chi connectivity index (χ4v) is 0.136. The minimum absolute atomic E-state index is 0. The molecule has 0 saturated carbocycles. The molecular weight excluding hydrogens is 278 g/mol. The maximum atomic E-state index is 7.32. The molecule has 4 radical (unpaired) electrons. The van der Waals surface area contributed by atoms with E-state index >= 15 is 0 Å². The number of rotatable bonds is 2. The van der Waals surface area contributed by atoms with Gasteiger partial charge < -0.3 is 0 Å². The van der Waals surface area contributed by atoms with Gasteiger partial charge in [-0.05, 0) is 0 Å². The molecule has 0 aromatic rings. The van der Waals surface area contributed by atoms with E-state index in [0.29, 0.717) is 0 Å². The second kappa shape index (κ2) is 23.8. The van der Waals surface area contributed by atoms with E-state index in [2.05, 4.69) is 0 Å². The number of hydrogen-bond acceptors (Lipinski definition) is 1. The van der Waals surface area contributed by atoms with Gasteiger partial charge in [-0.3, -0.25) is 0 Å². The van der Waals surface area contributed by atoms with Crippen LogP contribution in [0.4, 0.5) is 0 Å². The molecule has 44 valence electrons. The van der Waals surface area contributed by atoms with Crippen LogP contribution in [-0.4, -0.2) is 22.0 Å². The van der Waals surface area contributed by atoms with Crippen molar-refractivity contribution in [2.24, 2.45) is 0 Å². The van der Waals surface area contributed by atoms with E-state index in [-0.39, 0.29) is 21.1 Å². The Morgan fingerprint density at radius 3 is 2.00 bits per heavy atom. The molecule has 0 fully saturated rings. The van der Waals surface area contributed by atoms with Gasteiger partial charge in [-0.2, -0.15) is 5.26 Å². The first-order valence-electron chi connectivity index (χ1n) is 2.51. The zero-order valence-electron chi connectivity index (χ0n) is 5.79. The van der Waals surface area contributed by atoms with Crippen LogP contribution in [0.15, 0.2) is 0 Å². The van der Waals surface area contributed by atoms with Crippen molar-refractivity contribution in [2.75, 3.05) is 0 Å². The molecule has 0 rings (SSSR count). The summed E-state index contributed by atoms with van der Waals surface area (Å²) in [4.78, 5) is 0. The zero-order chi connectivity index (χ0) is 6.83. The van der Waals surface area contributed by atoms with Crippen molar-refractivity contribution in [3.8, 4) is 6.07 Å². The van der Waals surface area contributed by atoms with Crippen molar-refractivity contribution >= 4 is 22.0 Å². The summed E-state index contributed by atoms with van der Waals surface area (Å²) in [6.45, 7) is 3.48. The van der Waals surface area contributed by atoms with E-state index in [1.54, 1.807) is 13.1 Å². The summed E-state index contributed by atoms with van der Waals surface area (Å²) in [5.41, 5.74) is 0. The number of nitriles is 1. The average Bonchev–Trinajstić information content (AvgIpc) is 1.71. The summed E-state index contributed by atoms with van der Waals surface area (Å²) in [6, 6.07) is 1.75. The molecule has 9 heavy (non-hydrogen) atoms. The maximum absolute atomic E-state index is 7.32. The van der Waals surface area contributed by atoms with Gasteiger partial charge in [0.05, 0.1) is 13.2 Å². The molecule has 0 amide bonds. The number of hydrogen-bond donors (Lipinski definition) is 0. The van der Waals surface area contributed by atoms with E-state index in [4.69, 9.17) is 13.0 Å². The molecule has 0 aliphatic carbocycles. The molecule has 0 spiro atoms. The Morgan fingerprint density at radius 1 is 1.67 bits per heavy atom. The topological polar surface area (TPSA) is 23.8 Å². The average molecular weight is 286 g/mol. The van der Waals surface area contributed by atoms with Crippen LogP contribution < -0.4 is 0 Å². The Hall–Kier alpha value is 0.373. The summed E-state index contributed by atoms with van der Waals surface area (Å²) in [5.74, 6) is 0. The second-order valence-corrected chi connectivity index (χ2v) is 1.06. The van der Waals surface area contributed by atoms with Gasteiger partial charge >= 0.3 is 0 Å². The molecule has 0 bridgehead atoms. The van der Waals surface area contributed by atoms with E-state index in [1.165, 1.54) is 6.92 Å². The van der Waals surface area contributed by atoms with Crippen LogP contribution in [0.1, 0.15) is 13.8 Å². The molecule has 0 unspecified atom stereocenters. The third kappa shape index (κ3) is 60.4. The van der Waals surface area contributed by atoms with Crippen LogP contribution in [0.3, 0.4) is 0 Å². The molecule has 0 aliphatic rings. The van der Waals surface area contributed by atoms with Crippen molar-refractivity contribution in [3.63, 3.8) is 0 Å². The van der Waals surface area contributed by atoms with Gasteiger partial charge in [0.25, 0.3) is 0 Å². The summed E-state index contributed by atoms with van der Waals surface area (Å²) >= 11 is 0. The molecular formula is C4H8B3NW. The van der Waals surface area contributed by atoms with Crippen LogP contribution in [0.2, 0.25) is 6.32 Å². The fraction of sp³-hybridized carbons (Fsp3) is 0.750. The van der Waals surface area contributed by atoms with Crippen LogP contribution in [0, 0.1) is 11.3 Å². The Morgan fingerprint density at radius 2 is 2.00 bits per heavy atom. The van der Waals surface area contributed by atoms with E-state index in [1.807, 2.05) is 14.1 Å². The second-order valence-electron chi connectivity index (χ2n) is 1.06. The van der Waals surface area contributed by atoms with Crippen LogP contribution >= 0.6 is 0 Å². The smallest absolute Gasteiger partial charge is 0.0587 e. The molecule has 0 aromatic heterocycles. The first-order valence-corrected chi connectivity index (χ1v) is 2.51. The SMILES string of the molecule is CC#N.[B][B][B]CC.[W]. The summed E-state index contributed by atoms with van der Waals surface area (Å²) in [5, 5.41) is 7.32. The monoisotopic (exact) mass is 287 g/mol. The van der Waals surface area contributed by atoms with E-state index < -0.39 is 0 Å². The molecule has 5 heteroatoms. The fourth-order valence-electron chi connectivity index (χ4n) is 0.136. The summed E-state index contributed by atoms with van der Waals surface area (Å²) in [7, 11) is 8.42. The third-order valence-corrected chi connectivity index (χ3v) is 0.372. The van der Waals surface area contributed by atoms with E-state index in [0.717, 1.165) is 6.32 Å². The van der Waals surface area contributed by atoms with Gasteiger partial charge in [0.1, 0.15) is 0 Å². The molecule has 0 N–H and O–H groups in total. The Balaban J connectivity index is -0.0000000800. The largest absolute Gasteiger partial charge is 0.199 e. The third-order valence-electron chi connectivity index (χ3n) is 0.372. The molecule has 0 aromatic carbocycles. The van der Waals surface area contributed by atoms with Gasteiger partial charge in [0.15, 0.2) is 0 Å². The van der Waals surface area contributed by atoms with E-state index in [9.17, 15) is 0 Å². The predicted molar refractivity (Wildman–Crippen MR) is 39.0 cm³/mol. The molecule has 1 nitrogen and oxygen atoms in total. The zero-order valence-corrected chi connectivity index (χ0v) is 8.73. The summed E-state index contributed by atoms with van der Waals surface area (Å²) in [6.07, 6.45) is 1.04. The number of nitrogens with zero attached hydrogens (tertiary/aromatic N) is 1. The van der Waals surface area contributed by atoms with Crippen molar-refractivity contribution < 1.29 is 21.1 Å². The van der Waals surface area contributed by atoms with Crippen LogP contribution in [0.25, 0.3) is 0 Å².